The number of aryl methyl sites for hydroxylation is 1. The van der Waals surface area contributed by atoms with Crippen molar-refractivity contribution in [2.24, 2.45) is 5.73 Å². The molecule has 2 rings (SSSR count). The second kappa shape index (κ2) is 4.83. The molecule has 5 heteroatoms. The van der Waals surface area contributed by atoms with Gasteiger partial charge in [0, 0.05) is 17.3 Å². The summed E-state index contributed by atoms with van der Waals surface area (Å²) in [5.41, 5.74) is 6.54. The minimum Gasteiger partial charge on any atom is -0.436 e. The maximum Gasteiger partial charge on any atom is 0.220 e. The number of nitrogen functional groups attached to an aromatic ring is 1. The van der Waals surface area contributed by atoms with Crippen LogP contribution in [0.5, 0.6) is 11.6 Å². The standard InChI is InChI=1S/C13H12FN3O/c1-8-6-9(13(15)16)7-12(17-8)18-11-5-3-2-4-10(11)14/h2-7H,1H3,(H3,15,16). The molecular formula is C13H12FN3O. The van der Waals surface area contributed by atoms with Crippen LogP contribution < -0.4 is 10.5 Å². The minimum atomic E-state index is -0.467. The molecule has 1 aromatic heterocycles. The Morgan fingerprint density at radius 2 is 2.06 bits per heavy atom. The summed E-state index contributed by atoms with van der Waals surface area (Å²) in [4.78, 5) is 4.11. The average Bonchev–Trinajstić information content (AvgIpc) is 2.31. The van der Waals surface area contributed by atoms with Gasteiger partial charge in [0.25, 0.3) is 0 Å². The zero-order valence-corrected chi connectivity index (χ0v) is 9.77. The van der Waals surface area contributed by atoms with Gasteiger partial charge in [-0.3, -0.25) is 5.41 Å². The number of rotatable bonds is 3. The quantitative estimate of drug-likeness (QED) is 0.645. The van der Waals surface area contributed by atoms with Crippen LogP contribution in [-0.4, -0.2) is 10.8 Å². The van der Waals surface area contributed by atoms with Gasteiger partial charge in [-0.25, -0.2) is 9.37 Å². The third-order valence-corrected chi connectivity index (χ3v) is 2.29. The molecule has 92 valence electrons. The van der Waals surface area contributed by atoms with Gasteiger partial charge in [0.05, 0.1) is 0 Å². The van der Waals surface area contributed by atoms with Gasteiger partial charge in [0.2, 0.25) is 5.88 Å². The Morgan fingerprint density at radius 3 is 2.72 bits per heavy atom. The fourth-order valence-electron chi connectivity index (χ4n) is 1.49. The molecule has 0 saturated heterocycles. The molecule has 0 spiro atoms. The van der Waals surface area contributed by atoms with E-state index in [2.05, 4.69) is 4.98 Å². The minimum absolute atomic E-state index is 0.0844. The first kappa shape index (κ1) is 12.0. The van der Waals surface area contributed by atoms with E-state index in [0.29, 0.717) is 11.3 Å². The molecular weight excluding hydrogens is 233 g/mol. The number of hydrogen-bond donors (Lipinski definition) is 2. The van der Waals surface area contributed by atoms with E-state index >= 15 is 0 Å². The second-order valence-electron chi connectivity index (χ2n) is 3.78. The number of para-hydroxylation sites is 1. The molecule has 0 fully saturated rings. The molecule has 0 aliphatic heterocycles. The van der Waals surface area contributed by atoms with Gasteiger partial charge in [-0.15, -0.1) is 0 Å². The van der Waals surface area contributed by atoms with Crippen LogP contribution in [-0.2, 0) is 0 Å². The smallest absolute Gasteiger partial charge is 0.220 e. The molecule has 0 amide bonds. The molecule has 2 aromatic rings. The van der Waals surface area contributed by atoms with Gasteiger partial charge in [0.1, 0.15) is 5.84 Å². The molecule has 4 nitrogen and oxygen atoms in total. The Balaban J connectivity index is 2.35. The van der Waals surface area contributed by atoms with Crippen LogP contribution in [0.1, 0.15) is 11.3 Å². The molecule has 0 unspecified atom stereocenters. The molecule has 0 aliphatic rings. The van der Waals surface area contributed by atoms with Gasteiger partial charge in [-0.05, 0) is 25.1 Å². The lowest BCUT2D eigenvalue weighted by molar-refractivity contribution is 0.426. The van der Waals surface area contributed by atoms with E-state index < -0.39 is 5.82 Å². The lowest BCUT2D eigenvalue weighted by Gasteiger charge is -2.08. The number of hydrogen-bond acceptors (Lipinski definition) is 3. The van der Waals surface area contributed by atoms with E-state index in [4.69, 9.17) is 15.9 Å². The summed E-state index contributed by atoms with van der Waals surface area (Å²) in [6.45, 7) is 1.75. The number of benzene rings is 1. The number of aromatic nitrogens is 1. The highest BCUT2D eigenvalue weighted by Crippen LogP contribution is 2.23. The van der Waals surface area contributed by atoms with Gasteiger partial charge < -0.3 is 10.5 Å². The number of nitrogens with two attached hydrogens (primary N) is 1. The molecule has 3 N–H and O–H groups in total. The number of halogens is 1. The van der Waals surface area contributed by atoms with Crippen molar-refractivity contribution in [1.82, 2.24) is 4.98 Å². The zero-order chi connectivity index (χ0) is 13.1. The van der Waals surface area contributed by atoms with E-state index in [1.165, 1.54) is 18.2 Å². The Morgan fingerprint density at radius 1 is 1.33 bits per heavy atom. The van der Waals surface area contributed by atoms with Gasteiger partial charge in [-0.2, -0.15) is 0 Å². The number of pyridine rings is 1. The van der Waals surface area contributed by atoms with E-state index in [-0.39, 0.29) is 17.5 Å². The van der Waals surface area contributed by atoms with E-state index in [1.54, 1.807) is 25.1 Å². The van der Waals surface area contributed by atoms with Crippen molar-refractivity contribution in [2.45, 2.75) is 6.92 Å². The van der Waals surface area contributed by atoms with Crippen LogP contribution >= 0.6 is 0 Å². The number of ether oxygens (including phenoxy) is 1. The summed E-state index contributed by atoms with van der Waals surface area (Å²) in [5, 5.41) is 7.37. The van der Waals surface area contributed by atoms with Crippen molar-refractivity contribution in [2.75, 3.05) is 0 Å². The van der Waals surface area contributed by atoms with Crippen LogP contribution in [0.3, 0.4) is 0 Å². The molecule has 1 heterocycles. The van der Waals surface area contributed by atoms with Crippen molar-refractivity contribution < 1.29 is 9.13 Å². The van der Waals surface area contributed by atoms with Gasteiger partial charge in [-0.1, -0.05) is 12.1 Å². The predicted octanol–water partition coefficient (Wildman–Crippen LogP) is 2.61. The summed E-state index contributed by atoms with van der Waals surface area (Å²) < 4.78 is 18.8. The van der Waals surface area contributed by atoms with E-state index in [1.807, 2.05) is 0 Å². The van der Waals surface area contributed by atoms with Crippen LogP contribution in [0, 0.1) is 18.2 Å². The monoisotopic (exact) mass is 245 g/mol. The highest BCUT2D eigenvalue weighted by Gasteiger charge is 2.07. The summed E-state index contributed by atoms with van der Waals surface area (Å²) >= 11 is 0. The zero-order valence-electron chi connectivity index (χ0n) is 9.77. The van der Waals surface area contributed by atoms with Crippen molar-refractivity contribution in [3.05, 3.63) is 53.5 Å². The first-order chi connectivity index (χ1) is 8.56. The fourth-order valence-corrected chi connectivity index (χ4v) is 1.49. The molecule has 0 saturated carbocycles. The number of nitrogens with one attached hydrogen (secondary N) is 1. The average molecular weight is 245 g/mol. The highest BCUT2D eigenvalue weighted by atomic mass is 19.1. The molecule has 0 aliphatic carbocycles. The summed E-state index contributed by atoms with van der Waals surface area (Å²) in [6.07, 6.45) is 0. The summed E-state index contributed by atoms with van der Waals surface area (Å²) in [6, 6.07) is 9.22. The molecule has 0 radical (unpaired) electrons. The Labute approximate surface area is 104 Å². The Kier molecular flexibility index (Phi) is 3.23. The van der Waals surface area contributed by atoms with E-state index in [9.17, 15) is 4.39 Å². The van der Waals surface area contributed by atoms with Gasteiger partial charge >= 0.3 is 0 Å². The molecule has 0 bridgehead atoms. The second-order valence-corrected chi connectivity index (χ2v) is 3.78. The lowest BCUT2D eigenvalue weighted by atomic mass is 10.2. The summed E-state index contributed by atoms with van der Waals surface area (Å²) in [7, 11) is 0. The number of amidine groups is 1. The normalized spacial score (nSPS) is 10.1. The first-order valence-corrected chi connectivity index (χ1v) is 5.32. The van der Waals surface area contributed by atoms with E-state index in [0.717, 1.165) is 0 Å². The number of nitrogens with zero attached hydrogens (tertiary/aromatic N) is 1. The van der Waals surface area contributed by atoms with Crippen molar-refractivity contribution in [1.29, 1.82) is 5.41 Å². The lowest BCUT2D eigenvalue weighted by Crippen LogP contribution is -2.11. The van der Waals surface area contributed by atoms with Crippen molar-refractivity contribution in [3.8, 4) is 11.6 Å². The van der Waals surface area contributed by atoms with Crippen molar-refractivity contribution >= 4 is 5.84 Å². The SMILES string of the molecule is Cc1cc(C(=N)N)cc(Oc2ccccc2F)n1. The van der Waals surface area contributed by atoms with Crippen molar-refractivity contribution in [3.63, 3.8) is 0 Å². The predicted molar refractivity (Wildman–Crippen MR) is 66.5 cm³/mol. The topological polar surface area (TPSA) is 72.0 Å². The van der Waals surface area contributed by atoms with Crippen LogP contribution in [0.15, 0.2) is 36.4 Å². The highest BCUT2D eigenvalue weighted by molar-refractivity contribution is 5.95. The largest absolute Gasteiger partial charge is 0.436 e. The van der Waals surface area contributed by atoms with Crippen LogP contribution in [0.4, 0.5) is 4.39 Å². The molecule has 1 aromatic carbocycles. The van der Waals surface area contributed by atoms with Crippen LogP contribution in [0.2, 0.25) is 0 Å². The maximum atomic E-state index is 13.4. The molecule has 18 heavy (non-hydrogen) atoms. The van der Waals surface area contributed by atoms with Crippen LogP contribution in [0.25, 0.3) is 0 Å². The third-order valence-electron chi connectivity index (χ3n) is 2.29. The summed E-state index contributed by atoms with van der Waals surface area (Å²) in [5.74, 6) is -0.250. The third kappa shape index (κ3) is 2.63. The Bertz CT molecular complexity index is 599. The van der Waals surface area contributed by atoms with Gasteiger partial charge in [0.15, 0.2) is 11.6 Å². The fraction of sp³-hybridized carbons (Fsp3) is 0.0769. The molecule has 0 atom stereocenters. The first-order valence-electron chi connectivity index (χ1n) is 5.32. The maximum absolute atomic E-state index is 13.4. The Hall–Kier alpha value is -2.43.